The van der Waals surface area contributed by atoms with E-state index in [2.05, 4.69) is 0 Å². The Morgan fingerprint density at radius 1 is 1.35 bits per heavy atom. The molecule has 1 aliphatic heterocycles. The molecular formula is C13H15FN2O3S. The molecule has 1 saturated carbocycles. The van der Waals surface area contributed by atoms with Crippen molar-refractivity contribution in [1.82, 2.24) is 4.90 Å². The number of piperidine rings is 1. The molecule has 2 atom stereocenters. The second-order valence-corrected chi connectivity index (χ2v) is 7.01. The van der Waals surface area contributed by atoms with Crippen molar-refractivity contribution in [3.05, 3.63) is 29.6 Å². The second kappa shape index (κ2) is 4.53. The van der Waals surface area contributed by atoms with Gasteiger partial charge in [-0.3, -0.25) is 4.79 Å². The van der Waals surface area contributed by atoms with Gasteiger partial charge in [0.25, 0.3) is 5.91 Å². The third-order valence-corrected chi connectivity index (χ3v) is 5.08. The minimum Gasteiger partial charge on any atom is -0.335 e. The van der Waals surface area contributed by atoms with E-state index >= 15 is 0 Å². The lowest BCUT2D eigenvalue weighted by atomic mass is 10.1. The van der Waals surface area contributed by atoms with Crippen molar-refractivity contribution in [1.29, 1.82) is 0 Å². The number of hydrogen-bond donors (Lipinski definition) is 1. The van der Waals surface area contributed by atoms with Gasteiger partial charge in [-0.25, -0.2) is 17.9 Å². The molecule has 2 bridgehead atoms. The Kier molecular flexibility index (Phi) is 3.06. The van der Waals surface area contributed by atoms with Gasteiger partial charge in [0, 0.05) is 18.2 Å². The summed E-state index contributed by atoms with van der Waals surface area (Å²) >= 11 is 0. The summed E-state index contributed by atoms with van der Waals surface area (Å²) in [6.07, 6.45) is 3.13. The highest BCUT2D eigenvalue weighted by atomic mass is 32.2. The monoisotopic (exact) mass is 298 g/mol. The zero-order valence-corrected chi connectivity index (χ0v) is 11.6. The number of rotatable bonds is 2. The fourth-order valence-corrected chi connectivity index (χ4v) is 3.82. The van der Waals surface area contributed by atoms with Crippen LogP contribution in [0.2, 0.25) is 0 Å². The van der Waals surface area contributed by atoms with Crippen LogP contribution in [0.1, 0.15) is 29.6 Å². The Bertz CT molecular complexity index is 674. The molecule has 5 nitrogen and oxygen atoms in total. The molecule has 2 N–H and O–H groups in total. The van der Waals surface area contributed by atoms with Gasteiger partial charge in [-0.05, 0) is 43.4 Å². The maximum atomic E-state index is 13.5. The highest BCUT2D eigenvalue weighted by molar-refractivity contribution is 7.89. The molecule has 1 aromatic carbocycles. The summed E-state index contributed by atoms with van der Waals surface area (Å²) in [6, 6.07) is 3.54. The molecular weight excluding hydrogens is 283 g/mol. The molecule has 1 heterocycles. The molecule has 0 aromatic heterocycles. The Labute approximate surface area is 116 Å². The van der Waals surface area contributed by atoms with Crippen molar-refractivity contribution < 1.29 is 17.6 Å². The van der Waals surface area contributed by atoms with Gasteiger partial charge in [0.05, 0.1) is 0 Å². The topological polar surface area (TPSA) is 80.5 Å². The summed E-state index contributed by atoms with van der Waals surface area (Å²) in [6.45, 7) is 0.700. The van der Waals surface area contributed by atoms with E-state index in [4.69, 9.17) is 5.14 Å². The van der Waals surface area contributed by atoms with Gasteiger partial charge < -0.3 is 4.90 Å². The zero-order valence-electron chi connectivity index (χ0n) is 10.8. The van der Waals surface area contributed by atoms with E-state index in [1.807, 2.05) is 0 Å². The van der Waals surface area contributed by atoms with Gasteiger partial charge in [0.2, 0.25) is 10.0 Å². The fraction of sp³-hybridized carbons (Fsp3) is 0.462. The van der Waals surface area contributed by atoms with E-state index < -0.39 is 20.7 Å². The molecule has 20 heavy (non-hydrogen) atoms. The van der Waals surface area contributed by atoms with Crippen molar-refractivity contribution in [2.45, 2.75) is 30.2 Å². The van der Waals surface area contributed by atoms with Gasteiger partial charge in [0.15, 0.2) is 0 Å². The van der Waals surface area contributed by atoms with Crippen molar-refractivity contribution in [3.8, 4) is 0 Å². The lowest BCUT2D eigenvalue weighted by Crippen LogP contribution is -2.37. The summed E-state index contributed by atoms with van der Waals surface area (Å²) < 4.78 is 36.1. The molecule has 3 rings (SSSR count). The molecule has 1 aliphatic carbocycles. The molecule has 0 radical (unpaired) electrons. The van der Waals surface area contributed by atoms with Gasteiger partial charge in [-0.1, -0.05) is 0 Å². The summed E-state index contributed by atoms with van der Waals surface area (Å²) in [7, 11) is -4.17. The number of primary sulfonamides is 1. The van der Waals surface area contributed by atoms with E-state index in [0.717, 1.165) is 31.4 Å². The Hall–Kier alpha value is -1.47. The summed E-state index contributed by atoms with van der Waals surface area (Å²) in [4.78, 5) is 13.5. The van der Waals surface area contributed by atoms with Crippen molar-refractivity contribution >= 4 is 15.9 Å². The molecule has 2 aliphatic rings. The number of hydrogen-bond acceptors (Lipinski definition) is 3. The summed E-state index contributed by atoms with van der Waals surface area (Å²) in [5.41, 5.74) is 0.169. The number of sulfonamides is 1. The first-order valence-corrected chi connectivity index (χ1v) is 8.04. The lowest BCUT2D eigenvalue weighted by Gasteiger charge is -2.27. The van der Waals surface area contributed by atoms with E-state index in [9.17, 15) is 17.6 Å². The van der Waals surface area contributed by atoms with Crippen LogP contribution in [0.4, 0.5) is 4.39 Å². The van der Waals surface area contributed by atoms with Crippen LogP contribution >= 0.6 is 0 Å². The first-order chi connectivity index (χ1) is 9.36. The quantitative estimate of drug-likeness (QED) is 0.887. The number of amides is 1. The van der Waals surface area contributed by atoms with E-state index in [1.165, 1.54) is 6.07 Å². The van der Waals surface area contributed by atoms with Gasteiger partial charge >= 0.3 is 0 Å². The van der Waals surface area contributed by atoms with Gasteiger partial charge in [-0.2, -0.15) is 0 Å². The Balaban J connectivity index is 1.93. The first kappa shape index (κ1) is 13.5. The number of nitrogens with zero attached hydrogens (tertiary/aromatic N) is 1. The second-order valence-electron chi connectivity index (χ2n) is 5.48. The van der Waals surface area contributed by atoms with Crippen LogP contribution in [-0.2, 0) is 10.0 Å². The number of likely N-dealkylation sites (tertiary alicyclic amines) is 1. The van der Waals surface area contributed by atoms with Crippen LogP contribution in [0.25, 0.3) is 0 Å². The highest BCUT2D eigenvalue weighted by Gasteiger charge is 2.40. The molecule has 1 aromatic rings. The number of carbonyl (C=O) groups is 1. The lowest BCUT2D eigenvalue weighted by molar-refractivity contribution is 0.0703. The molecule has 1 amide bonds. The minimum atomic E-state index is -4.17. The van der Waals surface area contributed by atoms with Crippen molar-refractivity contribution in [2.24, 2.45) is 11.1 Å². The van der Waals surface area contributed by atoms with Crippen molar-refractivity contribution in [3.63, 3.8) is 0 Å². The van der Waals surface area contributed by atoms with Crippen LogP contribution in [0, 0.1) is 11.7 Å². The average molecular weight is 298 g/mol. The standard InChI is InChI=1S/C13H15FN2O3S/c14-11-4-2-9(6-12(11)20(15,18)19)13(17)16-7-8-1-3-10(16)5-8/h2,4,6,8,10H,1,3,5,7H2,(H2,15,18,19). The molecule has 0 spiro atoms. The van der Waals surface area contributed by atoms with Crippen LogP contribution < -0.4 is 5.14 Å². The third-order valence-electron chi connectivity index (χ3n) is 4.15. The van der Waals surface area contributed by atoms with Crippen LogP contribution in [-0.4, -0.2) is 31.8 Å². The zero-order chi connectivity index (χ0) is 14.5. The number of halogens is 1. The third kappa shape index (κ3) is 2.20. The molecule has 1 saturated heterocycles. The molecule has 7 heteroatoms. The summed E-state index contributed by atoms with van der Waals surface area (Å²) in [5, 5.41) is 4.95. The summed E-state index contributed by atoms with van der Waals surface area (Å²) in [5.74, 6) is -0.642. The fourth-order valence-electron chi connectivity index (χ4n) is 3.19. The van der Waals surface area contributed by atoms with E-state index in [1.54, 1.807) is 4.90 Å². The maximum absolute atomic E-state index is 13.5. The average Bonchev–Trinajstić information content (AvgIpc) is 2.99. The SMILES string of the molecule is NS(=O)(=O)c1cc(C(=O)N2CC3CCC2C3)ccc1F. The van der Waals surface area contributed by atoms with Crippen molar-refractivity contribution in [2.75, 3.05) is 6.54 Å². The normalized spacial score (nSPS) is 25.2. The molecule has 108 valence electrons. The van der Waals surface area contributed by atoms with E-state index in [-0.39, 0.29) is 17.5 Å². The van der Waals surface area contributed by atoms with Gasteiger partial charge in [-0.15, -0.1) is 0 Å². The smallest absolute Gasteiger partial charge is 0.254 e. The predicted molar refractivity (Wildman–Crippen MR) is 69.9 cm³/mol. The predicted octanol–water partition coefficient (Wildman–Crippen LogP) is 1.10. The van der Waals surface area contributed by atoms with Crippen LogP contribution in [0.3, 0.4) is 0 Å². The number of fused-ring (bicyclic) bond motifs is 2. The Morgan fingerprint density at radius 3 is 2.65 bits per heavy atom. The minimum absolute atomic E-state index is 0.169. The number of carbonyl (C=O) groups excluding carboxylic acids is 1. The Morgan fingerprint density at radius 2 is 2.10 bits per heavy atom. The molecule has 2 unspecified atom stereocenters. The van der Waals surface area contributed by atoms with Crippen LogP contribution in [0.5, 0.6) is 0 Å². The van der Waals surface area contributed by atoms with Crippen LogP contribution in [0.15, 0.2) is 23.1 Å². The highest BCUT2D eigenvalue weighted by Crippen LogP contribution is 2.38. The number of nitrogens with two attached hydrogens (primary N) is 1. The van der Waals surface area contributed by atoms with Gasteiger partial charge in [0.1, 0.15) is 10.7 Å². The largest absolute Gasteiger partial charge is 0.335 e. The first-order valence-electron chi connectivity index (χ1n) is 6.49. The van der Waals surface area contributed by atoms with E-state index in [0.29, 0.717) is 12.5 Å². The number of benzene rings is 1. The molecule has 2 fully saturated rings. The maximum Gasteiger partial charge on any atom is 0.254 e.